The Labute approximate surface area is 225 Å². The van der Waals surface area contributed by atoms with Crippen LogP contribution < -0.4 is 4.74 Å². The van der Waals surface area contributed by atoms with E-state index in [9.17, 15) is 5.11 Å². The second kappa shape index (κ2) is 11.8. The Morgan fingerprint density at radius 2 is 1.46 bits per heavy atom. The number of nitrogens with zero attached hydrogens (tertiary/aromatic N) is 6. The number of aromatic nitrogens is 4. The molecule has 1 fully saturated rings. The fraction of sp³-hybridized carbons (Fsp3) is 0.259. The Hall–Kier alpha value is -3.30. The highest BCUT2D eigenvalue weighted by Crippen LogP contribution is 2.35. The topological polar surface area (TPSA) is 87.5 Å². The minimum absolute atomic E-state index is 0.135. The summed E-state index contributed by atoms with van der Waals surface area (Å²) in [6.07, 6.45) is 5.29. The van der Waals surface area contributed by atoms with Gasteiger partial charge in [-0.15, -0.1) is 5.10 Å². The van der Waals surface area contributed by atoms with Gasteiger partial charge in [-0.05, 0) is 34.9 Å². The van der Waals surface area contributed by atoms with E-state index >= 15 is 0 Å². The van der Waals surface area contributed by atoms with E-state index in [0.29, 0.717) is 17.9 Å². The number of piperazine rings is 1. The normalized spacial score (nSPS) is 14.5. The molecule has 190 valence electrons. The number of phenols is 1. The van der Waals surface area contributed by atoms with Gasteiger partial charge in [0.05, 0.1) is 16.2 Å². The summed E-state index contributed by atoms with van der Waals surface area (Å²) in [4.78, 5) is 13.4. The number of rotatable bonds is 8. The lowest BCUT2D eigenvalue weighted by molar-refractivity contribution is 0.122. The van der Waals surface area contributed by atoms with Crippen LogP contribution >= 0.6 is 23.2 Å². The molecule has 0 amide bonds. The Morgan fingerprint density at radius 3 is 2.05 bits per heavy atom. The van der Waals surface area contributed by atoms with Crippen LogP contribution in [0.5, 0.6) is 11.8 Å². The molecule has 4 aromatic rings. The van der Waals surface area contributed by atoms with Gasteiger partial charge in [0.25, 0.3) is 0 Å². The van der Waals surface area contributed by atoms with Crippen LogP contribution in [0.4, 0.5) is 0 Å². The van der Waals surface area contributed by atoms with Gasteiger partial charge in [-0.3, -0.25) is 14.8 Å². The van der Waals surface area contributed by atoms with Gasteiger partial charge in [-0.2, -0.15) is 0 Å². The van der Waals surface area contributed by atoms with Crippen molar-refractivity contribution in [2.24, 2.45) is 0 Å². The number of halogens is 2. The molecule has 3 heterocycles. The number of hydrogen-bond donors (Lipinski definition) is 1. The van der Waals surface area contributed by atoms with Crippen molar-refractivity contribution in [1.82, 2.24) is 30.0 Å². The van der Waals surface area contributed by atoms with E-state index in [0.717, 1.165) is 44.8 Å². The minimum Gasteiger partial charge on any atom is -0.505 e. The molecule has 0 unspecified atom stereocenters. The fourth-order valence-electron chi connectivity index (χ4n) is 4.18. The van der Waals surface area contributed by atoms with Crippen LogP contribution in [0, 0.1) is 0 Å². The average molecular weight is 537 g/mol. The van der Waals surface area contributed by atoms with Gasteiger partial charge in [-0.25, -0.2) is 4.98 Å². The van der Waals surface area contributed by atoms with E-state index in [4.69, 9.17) is 27.9 Å². The van der Waals surface area contributed by atoms with E-state index in [1.807, 2.05) is 18.5 Å². The Kier molecular flexibility index (Phi) is 8.11. The Morgan fingerprint density at radius 1 is 0.811 bits per heavy atom. The third-order valence-electron chi connectivity index (χ3n) is 6.24. The van der Waals surface area contributed by atoms with Crippen molar-refractivity contribution in [1.29, 1.82) is 0 Å². The zero-order valence-corrected chi connectivity index (χ0v) is 21.6. The first-order valence-corrected chi connectivity index (χ1v) is 12.7. The Bertz CT molecular complexity index is 1290. The van der Waals surface area contributed by atoms with Crippen LogP contribution in [0.25, 0.3) is 11.3 Å². The monoisotopic (exact) mass is 536 g/mol. The van der Waals surface area contributed by atoms with Gasteiger partial charge in [0.2, 0.25) is 0 Å². The van der Waals surface area contributed by atoms with Crippen LogP contribution in [0.1, 0.15) is 16.7 Å². The highest BCUT2D eigenvalue weighted by atomic mass is 35.5. The second-order valence-electron chi connectivity index (χ2n) is 8.93. The van der Waals surface area contributed by atoms with Crippen LogP contribution in [-0.2, 0) is 19.7 Å². The van der Waals surface area contributed by atoms with Gasteiger partial charge in [-0.1, -0.05) is 58.6 Å². The molecule has 2 aromatic carbocycles. The quantitative estimate of drug-likeness (QED) is 0.342. The van der Waals surface area contributed by atoms with E-state index in [1.54, 1.807) is 12.1 Å². The van der Waals surface area contributed by atoms with E-state index in [1.165, 1.54) is 17.3 Å². The van der Waals surface area contributed by atoms with Crippen molar-refractivity contribution in [2.45, 2.75) is 19.7 Å². The molecule has 0 bridgehead atoms. The lowest BCUT2D eigenvalue weighted by atomic mass is 10.1. The molecular formula is C27H26Cl2N6O2. The van der Waals surface area contributed by atoms with E-state index < -0.39 is 0 Å². The zero-order valence-electron chi connectivity index (χ0n) is 20.1. The molecular weight excluding hydrogens is 511 g/mol. The lowest BCUT2D eigenvalue weighted by Crippen LogP contribution is -2.45. The van der Waals surface area contributed by atoms with Crippen LogP contribution in [0.15, 0.2) is 67.1 Å². The summed E-state index contributed by atoms with van der Waals surface area (Å²) < 4.78 is 5.70. The van der Waals surface area contributed by atoms with Gasteiger partial charge in [0, 0.05) is 57.2 Å². The summed E-state index contributed by atoms with van der Waals surface area (Å²) in [6, 6.07) is 15.8. The van der Waals surface area contributed by atoms with Crippen LogP contribution in [0.3, 0.4) is 0 Å². The molecule has 0 radical (unpaired) electrons. The molecule has 0 aliphatic carbocycles. The minimum atomic E-state index is -0.168. The zero-order chi connectivity index (χ0) is 25.6. The third kappa shape index (κ3) is 6.72. The van der Waals surface area contributed by atoms with Gasteiger partial charge in [0.1, 0.15) is 12.3 Å². The number of pyridine rings is 1. The maximum Gasteiger partial charge on any atom is 0.336 e. The predicted octanol–water partition coefficient (Wildman–Crippen LogP) is 4.84. The summed E-state index contributed by atoms with van der Waals surface area (Å²) in [5, 5.41) is 18.1. The summed E-state index contributed by atoms with van der Waals surface area (Å²) in [5.74, 6) is -0.168. The number of phenolic OH excluding ortho intramolecular Hbond substituents is 1. The van der Waals surface area contributed by atoms with Crippen molar-refractivity contribution in [3.05, 3.63) is 93.9 Å². The summed E-state index contributed by atoms with van der Waals surface area (Å²) in [7, 11) is 0. The molecule has 1 aliphatic rings. The maximum absolute atomic E-state index is 9.71. The molecule has 0 saturated carbocycles. The van der Waals surface area contributed by atoms with Gasteiger partial charge in [0.15, 0.2) is 5.75 Å². The molecule has 0 spiro atoms. The van der Waals surface area contributed by atoms with Crippen molar-refractivity contribution in [2.75, 3.05) is 26.2 Å². The standard InChI is InChI=1S/C27H26Cl2N6O2/c28-23-12-22(13-24(29)26(23)36)25-15-31-27(33-32-25)37-18-20-5-3-19(4-6-20)16-34-8-10-35(11-9-34)17-21-2-1-7-30-14-21/h1-7,12-15,36H,8-11,16-18H2. The number of ether oxygens (including phenoxy) is 1. The molecule has 5 rings (SSSR count). The third-order valence-corrected chi connectivity index (χ3v) is 6.82. The second-order valence-corrected chi connectivity index (χ2v) is 9.75. The maximum atomic E-state index is 9.71. The summed E-state index contributed by atoms with van der Waals surface area (Å²) >= 11 is 12.0. The highest BCUT2D eigenvalue weighted by Gasteiger charge is 2.17. The molecule has 2 aromatic heterocycles. The first-order valence-electron chi connectivity index (χ1n) is 12.0. The van der Waals surface area contributed by atoms with E-state index in [-0.39, 0.29) is 21.8 Å². The fourth-order valence-corrected chi connectivity index (χ4v) is 4.67. The molecule has 8 nitrogen and oxygen atoms in total. The Balaban J connectivity index is 1.08. The first-order chi connectivity index (χ1) is 18.0. The average Bonchev–Trinajstić information content (AvgIpc) is 2.93. The molecule has 1 aliphatic heterocycles. The number of aromatic hydroxyl groups is 1. The van der Waals surface area contributed by atoms with E-state index in [2.05, 4.69) is 60.3 Å². The first kappa shape index (κ1) is 25.4. The largest absolute Gasteiger partial charge is 0.505 e. The van der Waals surface area contributed by atoms with Crippen LogP contribution in [0.2, 0.25) is 10.0 Å². The smallest absolute Gasteiger partial charge is 0.336 e. The lowest BCUT2D eigenvalue weighted by Gasteiger charge is -2.34. The van der Waals surface area contributed by atoms with Crippen molar-refractivity contribution < 1.29 is 9.84 Å². The van der Waals surface area contributed by atoms with Crippen molar-refractivity contribution in [3.63, 3.8) is 0 Å². The van der Waals surface area contributed by atoms with Gasteiger partial charge < -0.3 is 9.84 Å². The number of benzene rings is 2. The summed E-state index contributed by atoms with van der Waals surface area (Å²) in [6.45, 7) is 6.44. The van der Waals surface area contributed by atoms with Crippen LogP contribution in [-0.4, -0.2) is 61.3 Å². The molecule has 10 heteroatoms. The molecule has 1 saturated heterocycles. The summed E-state index contributed by atoms with van der Waals surface area (Å²) in [5.41, 5.74) is 4.63. The highest BCUT2D eigenvalue weighted by molar-refractivity contribution is 6.37. The number of hydrogen-bond acceptors (Lipinski definition) is 8. The predicted molar refractivity (Wildman–Crippen MR) is 143 cm³/mol. The SMILES string of the molecule is Oc1c(Cl)cc(-c2cnc(OCc3ccc(CN4CCN(Cc5cccnc5)CC4)cc3)nn2)cc1Cl. The molecule has 37 heavy (non-hydrogen) atoms. The van der Waals surface area contributed by atoms with Crippen molar-refractivity contribution >= 4 is 23.2 Å². The molecule has 1 N–H and O–H groups in total. The van der Waals surface area contributed by atoms with Gasteiger partial charge >= 0.3 is 6.01 Å². The van der Waals surface area contributed by atoms with Crippen molar-refractivity contribution in [3.8, 4) is 23.0 Å². The molecule has 0 atom stereocenters.